The number of nitrogens with zero attached hydrogens (tertiary/aromatic N) is 1. The van der Waals surface area contributed by atoms with Crippen LogP contribution in [0.4, 0.5) is 5.82 Å². The van der Waals surface area contributed by atoms with Gasteiger partial charge in [-0.05, 0) is 36.6 Å². The maximum absolute atomic E-state index is 12.1. The van der Waals surface area contributed by atoms with Crippen LogP contribution in [0.2, 0.25) is 0 Å². The quantitative estimate of drug-likeness (QED) is 0.719. The molecular weight excluding hydrogens is 294 g/mol. The zero-order valence-corrected chi connectivity index (χ0v) is 11.9. The third-order valence-electron chi connectivity index (χ3n) is 2.78. The van der Waals surface area contributed by atoms with E-state index in [2.05, 4.69) is 14.9 Å². The Balaban J connectivity index is 2.15. The number of hydrogen-bond donors (Lipinski definition) is 3. The molecule has 0 radical (unpaired) electrons. The SMILES string of the molecule is O=c1ccc(NS(=O)(=O)c2ccc(CCCO)cc2)n[nH]1. The number of H-pyrrole nitrogens is 1. The normalized spacial score (nSPS) is 11.3. The van der Waals surface area contributed by atoms with Crippen LogP contribution in [-0.4, -0.2) is 30.3 Å². The summed E-state index contributed by atoms with van der Waals surface area (Å²) in [7, 11) is -3.75. The summed E-state index contributed by atoms with van der Waals surface area (Å²) >= 11 is 0. The fourth-order valence-electron chi connectivity index (χ4n) is 1.72. The summed E-state index contributed by atoms with van der Waals surface area (Å²) in [5.74, 6) is 0.0407. The van der Waals surface area contributed by atoms with E-state index in [-0.39, 0.29) is 17.3 Å². The molecule has 2 rings (SSSR count). The fraction of sp³-hybridized carbons (Fsp3) is 0.231. The van der Waals surface area contributed by atoms with Crippen molar-refractivity contribution >= 4 is 15.8 Å². The van der Waals surface area contributed by atoms with Gasteiger partial charge in [-0.2, -0.15) is 5.10 Å². The van der Waals surface area contributed by atoms with Gasteiger partial charge in [0.25, 0.3) is 15.6 Å². The Hall–Kier alpha value is -2.19. The van der Waals surface area contributed by atoms with Gasteiger partial charge in [0.2, 0.25) is 0 Å². The van der Waals surface area contributed by atoms with Gasteiger partial charge in [-0.1, -0.05) is 12.1 Å². The number of aliphatic hydroxyl groups excluding tert-OH is 1. The van der Waals surface area contributed by atoms with Crippen molar-refractivity contribution < 1.29 is 13.5 Å². The van der Waals surface area contributed by atoms with E-state index in [9.17, 15) is 13.2 Å². The maximum atomic E-state index is 12.1. The summed E-state index contributed by atoms with van der Waals surface area (Å²) in [6, 6.07) is 8.84. The van der Waals surface area contributed by atoms with Crippen LogP contribution < -0.4 is 10.3 Å². The number of anilines is 1. The second-order valence-electron chi connectivity index (χ2n) is 4.38. The second kappa shape index (κ2) is 6.51. The highest BCUT2D eigenvalue weighted by Crippen LogP contribution is 2.15. The molecule has 7 nitrogen and oxygen atoms in total. The summed E-state index contributed by atoms with van der Waals surface area (Å²) in [6.07, 6.45) is 1.32. The van der Waals surface area contributed by atoms with E-state index < -0.39 is 15.6 Å². The maximum Gasteiger partial charge on any atom is 0.264 e. The number of aliphatic hydroxyl groups is 1. The highest BCUT2D eigenvalue weighted by Gasteiger charge is 2.14. The van der Waals surface area contributed by atoms with E-state index in [0.29, 0.717) is 12.8 Å². The molecule has 112 valence electrons. The minimum absolute atomic E-state index is 0.0407. The number of rotatable bonds is 6. The van der Waals surface area contributed by atoms with Gasteiger partial charge in [-0.25, -0.2) is 13.5 Å². The fourth-order valence-corrected chi connectivity index (χ4v) is 2.72. The van der Waals surface area contributed by atoms with Crippen molar-refractivity contribution in [2.45, 2.75) is 17.7 Å². The average molecular weight is 309 g/mol. The van der Waals surface area contributed by atoms with Crippen molar-refractivity contribution in [3.05, 3.63) is 52.3 Å². The molecule has 0 amide bonds. The molecule has 0 aliphatic rings. The topological polar surface area (TPSA) is 112 Å². The van der Waals surface area contributed by atoms with Crippen LogP contribution in [0.15, 0.2) is 46.1 Å². The van der Waals surface area contributed by atoms with Crippen molar-refractivity contribution in [3.63, 3.8) is 0 Å². The number of hydrogen-bond acceptors (Lipinski definition) is 5. The van der Waals surface area contributed by atoms with Gasteiger partial charge in [-0.3, -0.25) is 9.52 Å². The molecule has 1 aromatic carbocycles. The Labute approximate surface area is 121 Å². The van der Waals surface area contributed by atoms with E-state index in [1.165, 1.54) is 24.3 Å². The summed E-state index contributed by atoms with van der Waals surface area (Å²) in [6.45, 7) is 0.0967. The number of aromatic amines is 1. The lowest BCUT2D eigenvalue weighted by atomic mass is 10.1. The number of aromatic nitrogens is 2. The standard InChI is InChI=1S/C13H15N3O4S/c17-9-1-2-10-3-5-11(6-4-10)21(19,20)16-12-7-8-13(18)15-14-12/h3-8,17H,1-2,9H2,(H,14,16)(H,15,18). The Morgan fingerprint density at radius 1 is 1.14 bits per heavy atom. The first-order chi connectivity index (χ1) is 10.0. The van der Waals surface area contributed by atoms with Crippen molar-refractivity contribution in [2.75, 3.05) is 11.3 Å². The monoisotopic (exact) mass is 309 g/mol. The number of nitrogens with one attached hydrogen (secondary N) is 2. The summed E-state index contributed by atoms with van der Waals surface area (Å²) in [5, 5.41) is 14.5. The second-order valence-corrected chi connectivity index (χ2v) is 6.07. The molecule has 0 aliphatic heterocycles. The van der Waals surface area contributed by atoms with Crippen LogP contribution in [0, 0.1) is 0 Å². The Kier molecular flexibility index (Phi) is 4.71. The molecule has 0 spiro atoms. The lowest BCUT2D eigenvalue weighted by Gasteiger charge is -2.07. The predicted octanol–water partition coefficient (Wildman–Crippen LogP) is 0.496. The minimum atomic E-state index is -3.75. The van der Waals surface area contributed by atoms with E-state index in [0.717, 1.165) is 5.56 Å². The number of aryl methyl sites for hydroxylation is 1. The molecule has 0 atom stereocenters. The van der Waals surface area contributed by atoms with Crippen molar-refractivity contribution in [2.24, 2.45) is 0 Å². The van der Waals surface area contributed by atoms with Crippen LogP contribution in [0.25, 0.3) is 0 Å². The Morgan fingerprint density at radius 3 is 2.43 bits per heavy atom. The summed E-state index contributed by atoms with van der Waals surface area (Å²) in [5.41, 5.74) is 0.538. The smallest absolute Gasteiger partial charge is 0.264 e. The largest absolute Gasteiger partial charge is 0.396 e. The molecule has 0 saturated carbocycles. The van der Waals surface area contributed by atoms with Gasteiger partial charge >= 0.3 is 0 Å². The molecular formula is C13H15N3O4S. The van der Waals surface area contributed by atoms with Gasteiger partial charge in [-0.15, -0.1) is 0 Å². The highest BCUT2D eigenvalue weighted by atomic mass is 32.2. The Morgan fingerprint density at radius 2 is 1.86 bits per heavy atom. The molecule has 3 N–H and O–H groups in total. The first-order valence-electron chi connectivity index (χ1n) is 6.29. The average Bonchev–Trinajstić information content (AvgIpc) is 2.48. The first kappa shape index (κ1) is 15.2. The highest BCUT2D eigenvalue weighted by molar-refractivity contribution is 7.92. The van der Waals surface area contributed by atoms with Crippen LogP contribution in [-0.2, 0) is 16.4 Å². The van der Waals surface area contributed by atoms with E-state index in [1.54, 1.807) is 12.1 Å². The van der Waals surface area contributed by atoms with Crippen molar-refractivity contribution in [3.8, 4) is 0 Å². The van der Waals surface area contributed by atoms with Gasteiger partial charge in [0, 0.05) is 12.7 Å². The van der Waals surface area contributed by atoms with E-state index >= 15 is 0 Å². The van der Waals surface area contributed by atoms with Crippen LogP contribution in [0.3, 0.4) is 0 Å². The zero-order chi connectivity index (χ0) is 15.3. The predicted molar refractivity (Wildman–Crippen MR) is 77.5 cm³/mol. The first-order valence-corrected chi connectivity index (χ1v) is 7.78. The summed E-state index contributed by atoms with van der Waals surface area (Å²) in [4.78, 5) is 11.0. The molecule has 8 heteroatoms. The third kappa shape index (κ3) is 4.14. The molecule has 0 fully saturated rings. The zero-order valence-electron chi connectivity index (χ0n) is 11.1. The van der Waals surface area contributed by atoms with Gasteiger partial charge in [0.15, 0.2) is 5.82 Å². The molecule has 0 bridgehead atoms. The lowest BCUT2D eigenvalue weighted by Crippen LogP contribution is -2.16. The van der Waals surface area contributed by atoms with Gasteiger partial charge < -0.3 is 5.11 Å². The minimum Gasteiger partial charge on any atom is -0.396 e. The molecule has 2 aromatic rings. The number of sulfonamides is 1. The van der Waals surface area contributed by atoms with Crippen molar-refractivity contribution in [1.29, 1.82) is 0 Å². The number of benzene rings is 1. The summed E-state index contributed by atoms with van der Waals surface area (Å²) < 4.78 is 26.5. The van der Waals surface area contributed by atoms with Crippen LogP contribution in [0.5, 0.6) is 0 Å². The Bertz CT molecular complexity index is 733. The molecule has 0 saturated heterocycles. The lowest BCUT2D eigenvalue weighted by molar-refractivity contribution is 0.288. The third-order valence-corrected chi connectivity index (χ3v) is 4.15. The molecule has 0 aliphatic carbocycles. The van der Waals surface area contributed by atoms with E-state index in [1.807, 2.05) is 0 Å². The molecule has 1 heterocycles. The molecule has 1 aromatic heterocycles. The van der Waals surface area contributed by atoms with Crippen LogP contribution >= 0.6 is 0 Å². The van der Waals surface area contributed by atoms with Crippen LogP contribution in [0.1, 0.15) is 12.0 Å². The molecule has 0 unspecified atom stereocenters. The van der Waals surface area contributed by atoms with Gasteiger partial charge in [0.1, 0.15) is 0 Å². The van der Waals surface area contributed by atoms with E-state index in [4.69, 9.17) is 5.11 Å². The van der Waals surface area contributed by atoms with Crippen molar-refractivity contribution in [1.82, 2.24) is 10.2 Å². The van der Waals surface area contributed by atoms with Gasteiger partial charge in [0.05, 0.1) is 4.90 Å². The molecule has 21 heavy (non-hydrogen) atoms.